The molecular formula is C11H22N2OS. The van der Waals surface area contributed by atoms with Crippen molar-refractivity contribution >= 4 is 11.8 Å². The van der Waals surface area contributed by atoms with Crippen LogP contribution < -0.4 is 5.73 Å². The highest BCUT2D eigenvalue weighted by Gasteiger charge is 2.31. The lowest BCUT2D eigenvalue weighted by Gasteiger charge is -2.40. The monoisotopic (exact) mass is 230 g/mol. The summed E-state index contributed by atoms with van der Waals surface area (Å²) in [5.41, 5.74) is 6.38. The maximum Gasteiger partial charge on any atom is 0.0509 e. The second-order valence-corrected chi connectivity index (χ2v) is 5.83. The number of nitrogens with zero attached hydrogens (tertiary/aromatic N) is 1. The van der Waals surface area contributed by atoms with Gasteiger partial charge in [-0.3, -0.25) is 0 Å². The third-order valence-corrected chi connectivity index (χ3v) is 4.68. The van der Waals surface area contributed by atoms with E-state index in [0.717, 1.165) is 13.2 Å². The summed E-state index contributed by atoms with van der Waals surface area (Å²) >= 11 is 2.04. The summed E-state index contributed by atoms with van der Waals surface area (Å²) in [5.74, 6) is 3.01. The summed E-state index contributed by atoms with van der Waals surface area (Å²) in [6.07, 6.45) is 2.43. The van der Waals surface area contributed by atoms with Gasteiger partial charge in [-0.2, -0.15) is 11.8 Å². The Balaban J connectivity index is 1.89. The molecular weight excluding hydrogens is 208 g/mol. The fourth-order valence-electron chi connectivity index (χ4n) is 2.49. The summed E-state index contributed by atoms with van der Waals surface area (Å²) in [6.45, 7) is 2.98. The lowest BCUT2D eigenvalue weighted by Crippen LogP contribution is -2.55. The van der Waals surface area contributed by atoms with E-state index in [4.69, 9.17) is 10.5 Å². The molecule has 3 unspecified atom stereocenters. The molecule has 0 radical (unpaired) electrons. The Kier molecular flexibility index (Phi) is 4.31. The first-order chi connectivity index (χ1) is 7.29. The van der Waals surface area contributed by atoms with Gasteiger partial charge in [0.15, 0.2) is 0 Å². The summed E-state index contributed by atoms with van der Waals surface area (Å²) in [6, 6.07) is 0.846. The minimum atomic E-state index is 0.295. The van der Waals surface area contributed by atoms with Crippen molar-refractivity contribution in [3.63, 3.8) is 0 Å². The fourth-order valence-corrected chi connectivity index (χ4v) is 3.80. The van der Waals surface area contributed by atoms with Crippen LogP contribution in [-0.2, 0) is 4.74 Å². The Bertz CT molecular complexity index is 197. The SMILES string of the molecule is CN1CCSCC1C(N)C1CCCOC1. The molecule has 2 heterocycles. The molecule has 2 aliphatic heterocycles. The van der Waals surface area contributed by atoms with Crippen molar-refractivity contribution in [2.75, 3.05) is 38.3 Å². The largest absolute Gasteiger partial charge is 0.381 e. The van der Waals surface area contributed by atoms with Crippen LogP contribution in [0.2, 0.25) is 0 Å². The molecule has 0 aromatic rings. The van der Waals surface area contributed by atoms with Gasteiger partial charge in [0.25, 0.3) is 0 Å². The average molecular weight is 230 g/mol. The zero-order chi connectivity index (χ0) is 10.7. The van der Waals surface area contributed by atoms with Crippen LogP contribution in [0.1, 0.15) is 12.8 Å². The highest BCUT2D eigenvalue weighted by molar-refractivity contribution is 7.99. The second kappa shape index (κ2) is 5.53. The first kappa shape index (κ1) is 11.7. The van der Waals surface area contributed by atoms with E-state index in [2.05, 4.69) is 11.9 Å². The van der Waals surface area contributed by atoms with Gasteiger partial charge in [-0.15, -0.1) is 0 Å². The van der Waals surface area contributed by atoms with Crippen molar-refractivity contribution in [1.29, 1.82) is 0 Å². The molecule has 4 heteroatoms. The Morgan fingerprint density at radius 3 is 3.07 bits per heavy atom. The zero-order valence-electron chi connectivity index (χ0n) is 9.52. The summed E-state index contributed by atoms with van der Waals surface area (Å²) in [4.78, 5) is 2.43. The van der Waals surface area contributed by atoms with Crippen LogP contribution in [0.5, 0.6) is 0 Å². The predicted octanol–water partition coefficient (Wildman–Crippen LogP) is 0.787. The molecule has 3 nitrogen and oxygen atoms in total. The van der Waals surface area contributed by atoms with Crippen molar-refractivity contribution in [2.45, 2.75) is 24.9 Å². The van der Waals surface area contributed by atoms with Gasteiger partial charge in [0.1, 0.15) is 0 Å². The smallest absolute Gasteiger partial charge is 0.0509 e. The lowest BCUT2D eigenvalue weighted by molar-refractivity contribution is 0.0319. The van der Waals surface area contributed by atoms with Gasteiger partial charge in [-0.05, 0) is 25.8 Å². The fraction of sp³-hybridized carbons (Fsp3) is 1.00. The van der Waals surface area contributed by atoms with Gasteiger partial charge in [0.2, 0.25) is 0 Å². The van der Waals surface area contributed by atoms with Gasteiger partial charge in [-0.25, -0.2) is 0 Å². The van der Waals surface area contributed by atoms with Gasteiger partial charge in [0.05, 0.1) is 6.61 Å². The maximum atomic E-state index is 6.38. The van der Waals surface area contributed by atoms with Crippen LogP contribution in [-0.4, -0.2) is 55.3 Å². The molecule has 2 N–H and O–H groups in total. The Morgan fingerprint density at radius 2 is 2.40 bits per heavy atom. The molecule has 0 aromatic heterocycles. The van der Waals surface area contributed by atoms with Gasteiger partial charge < -0.3 is 15.4 Å². The quantitative estimate of drug-likeness (QED) is 0.761. The highest BCUT2D eigenvalue weighted by Crippen LogP contribution is 2.24. The predicted molar refractivity (Wildman–Crippen MR) is 65.3 cm³/mol. The van der Waals surface area contributed by atoms with Crippen LogP contribution in [0.4, 0.5) is 0 Å². The van der Waals surface area contributed by atoms with E-state index in [9.17, 15) is 0 Å². The third-order valence-electron chi connectivity index (χ3n) is 3.63. The van der Waals surface area contributed by atoms with E-state index in [1.807, 2.05) is 11.8 Å². The molecule has 2 aliphatic rings. The zero-order valence-corrected chi connectivity index (χ0v) is 10.3. The molecule has 88 valence electrons. The van der Waals surface area contributed by atoms with E-state index in [-0.39, 0.29) is 0 Å². The van der Waals surface area contributed by atoms with E-state index >= 15 is 0 Å². The third kappa shape index (κ3) is 2.87. The van der Waals surface area contributed by atoms with Crippen molar-refractivity contribution in [3.8, 4) is 0 Å². The van der Waals surface area contributed by atoms with Crippen molar-refractivity contribution in [2.24, 2.45) is 11.7 Å². The molecule has 0 spiro atoms. The minimum Gasteiger partial charge on any atom is -0.381 e. The minimum absolute atomic E-state index is 0.295. The van der Waals surface area contributed by atoms with Crippen molar-refractivity contribution in [1.82, 2.24) is 4.90 Å². The van der Waals surface area contributed by atoms with E-state index in [1.54, 1.807) is 0 Å². The van der Waals surface area contributed by atoms with E-state index < -0.39 is 0 Å². The number of likely N-dealkylation sites (N-methyl/N-ethyl adjacent to an activating group) is 1. The number of hydrogen-bond acceptors (Lipinski definition) is 4. The standard InChI is InChI=1S/C11H22N2OS/c1-13-4-6-15-8-10(13)11(12)9-3-2-5-14-7-9/h9-11H,2-8,12H2,1H3. The molecule has 0 bridgehead atoms. The lowest BCUT2D eigenvalue weighted by atomic mass is 9.89. The first-order valence-electron chi connectivity index (χ1n) is 5.90. The van der Waals surface area contributed by atoms with Gasteiger partial charge in [-0.1, -0.05) is 0 Å². The van der Waals surface area contributed by atoms with Crippen LogP contribution in [0.3, 0.4) is 0 Å². The normalized spacial score (nSPS) is 36.4. The summed E-state index contributed by atoms with van der Waals surface area (Å²) in [5, 5.41) is 0. The van der Waals surface area contributed by atoms with E-state index in [1.165, 1.54) is 30.9 Å². The molecule has 2 saturated heterocycles. The molecule has 2 rings (SSSR count). The number of nitrogens with two attached hydrogens (primary N) is 1. The molecule has 0 aromatic carbocycles. The number of ether oxygens (including phenoxy) is 1. The van der Waals surface area contributed by atoms with Crippen LogP contribution in [0.15, 0.2) is 0 Å². The first-order valence-corrected chi connectivity index (χ1v) is 7.06. The topological polar surface area (TPSA) is 38.5 Å². The van der Waals surface area contributed by atoms with Crippen LogP contribution in [0, 0.1) is 5.92 Å². The Labute approximate surface area is 96.7 Å². The van der Waals surface area contributed by atoms with Crippen LogP contribution >= 0.6 is 11.8 Å². The summed E-state index contributed by atoms with van der Waals surface area (Å²) in [7, 11) is 2.20. The van der Waals surface area contributed by atoms with E-state index in [0.29, 0.717) is 18.0 Å². The maximum absolute atomic E-state index is 6.38. The number of hydrogen-bond donors (Lipinski definition) is 1. The molecule has 2 fully saturated rings. The summed E-state index contributed by atoms with van der Waals surface area (Å²) < 4.78 is 5.52. The van der Waals surface area contributed by atoms with Gasteiger partial charge >= 0.3 is 0 Å². The molecule has 15 heavy (non-hydrogen) atoms. The second-order valence-electron chi connectivity index (χ2n) is 4.68. The Hall–Kier alpha value is 0.230. The average Bonchev–Trinajstić information content (AvgIpc) is 2.30. The number of rotatable bonds is 2. The van der Waals surface area contributed by atoms with Crippen molar-refractivity contribution < 1.29 is 4.74 Å². The molecule has 0 aliphatic carbocycles. The highest BCUT2D eigenvalue weighted by atomic mass is 32.2. The molecule has 0 saturated carbocycles. The Morgan fingerprint density at radius 1 is 1.53 bits per heavy atom. The van der Waals surface area contributed by atoms with Crippen molar-refractivity contribution in [3.05, 3.63) is 0 Å². The van der Waals surface area contributed by atoms with Gasteiger partial charge in [0, 0.05) is 36.7 Å². The molecule has 3 atom stereocenters. The molecule has 0 amide bonds. The van der Waals surface area contributed by atoms with Crippen LogP contribution in [0.25, 0.3) is 0 Å². The number of thioether (sulfide) groups is 1.